The van der Waals surface area contributed by atoms with Crippen molar-refractivity contribution in [1.29, 1.82) is 0 Å². The molecule has 3 rings (SSSR count). The molecular formula is C22H28IN5O2S. The quantitative estimate of drug-likeness (QED) is 0.267. The van der Waals surface area contributed by atoms with Crippen LogP contribution in [-0.4, -0.2) is 37.2 Å². The number of nitrogens with zero attached hydrogens (tertiary/aromatic N) is 3. The summed E-state index contributed by atoms with van der Waals surface area (Å²) in [6, 6.07) is 15.6. The molecule has 0 saturated carbocycles. The molecule has 0 bridgehead atoms. The van der Waals surface area contributed by atoms with Crippen molar-refractivity contribution in [2.45, 2.75) is 31.5 Å². The molecule has 9 heteroatoms. The molecule has 0 radical (unpaired) electrons. The molecule has 31 heavy (non-hydrogen) atoms. The number of guanidine groups is 1. The summed E-state index contributed by atoms with van der Waals surface area (Å²) in [7, 11) is -1.50. The van der Waals surface area contributed by atoms with Gasteiger partial charge in [0.1, 0.15) is 5.82 Å². The second kappa shape index (κ2) is 11.3. The summed E-state index contributed by atoms with van der Waals surface area (Å²) in [5, 5.41) is 6.53. The van der Waals surface area contributed by atoms with Crippen LogP contribution < -0.4 is 10.6 Å². The van der Waals surface area contributed by atoms with Crippen molar-refractivity contribution in [2.24, 2.45) is 4.99 Å². The largest absolute Gasteiger partial charge is 0.352 e. The molecule has 0 aliphatic heterocycles. The van der Waals surface area contributed by atoms with Crippen molar-refractivity contribution in [1.82, 2.24) is 20.2 Å². The standard InChI is InChI=1S/C22H27N5O2S.HI/c1-17-13-19(9-10-20(17)30(3,28)29)14-25-22(23-2)26-15-21-24-11-12-27(21)16-18-7-5-4-6-8-18;/h4-13H,14-16H2,1-3H3,(H2,23,25,26);1H. The van der Waals surface area contributed by atoms with E-state index in [9.17, 15) is 8.42 Å². The van der Waals surface area contributed by atoms with E-state index in [2.05, 4.69) is 37.3 Å². The molecule has 1 aromatic heterocycles. The molecule has 7 nitrogen and oxygen atoms in total. The predicted molar refractivity (Wildman–Crippen MR) is 135 cm³/mol. The van der Waals surface area contributed by atoms with Gasteiger partial charge in [0.2, 0.25) is 0 Å². The highest BCUT2D eigenvalue weighted by Crippen LogP contribution is 2.16. The van der Waals surface area contributed by atoms with Gasteiger partial charge in [-0.1, -0.05) is 42.5 Å². The smallest absolute Gasteiger partial charge is 0.191 e. The SMILES string of the molecule is CN=C(NCc1ccc(S(C)(=O)=O)c(C)c1)NCc1nccn1Cc1ccccc1.I. The lowest BCUT2D eigenvalue weighted by molar-refractivity contribution is 0.601. The van der Waals surface area contributed by atoms with E-state index >= 15 is 0 Å². The summed E-state index contributed by atoms with van der Waals surface area (Å²) in [5.74, 6) is 1.56. The Bertz CT molecular complexity index is 1130. The number of nitrogens with one attached hydrogen (secondary N) is 2. The average Bonchev–Trinajstić information content (AvgIpc) is 3.15. The molecule has 0 aliphatic rings. The first-order chi connectivity index (χ1) is 14.4. The van der Waals surface area contributed by atoms with Crippen molar-refractivity contribution in [2.75, 3.05) is 13.3 Å². The minimum Gasteiger partial charge on any atom is -0.352 e. The summed E-state index contributed by atoms with van der Waals surface area (Å²) >= 11 is 0. The number of sulfone groups is 1. The van der Waals surface area contributed by atoms with Gasteiger partial charge in [-0.25, -0.2) is 13.4 Å². The Labute approximate surface area is 201 Å². The fourth-order valence-corrected chi connectivity index (χ4v) is 4.20. The van der Waals surface area contributed by atoms with Crippen LogP contribution in [-0.2, 0) is 29.5 Å². The zero-order valence-corrected chi connectivity index (χ0v) is 21.0. The van der Waals surface area contributed by atoms with Crippen LogP contribution in [0.4, 0.5) is 0 Å². The third-order valence-corrected chi connectivity index (χ3v) is 5.99. The third kappa shape index (κ3) is 7.06. The number of halogens is 1. The summed E-state index contributed by atoms with van der Waals surface area (Å²) in [5.41, 5.74) is 2.93. The topological polar surface area (TPSA) is 88.4 Å². The first-order valence-electron chi connectivity index (χ1n) is 9.65. The molecule has 2 N–H and O–H groups in total. The maximum Gasteiger partial charge on any atom is 0.191 e. The Hall–Kier alpha value is -2.40. The fourth-order valence-electron chi connectivity index (χ4n) is 3.24. The van der Waals surface area contributed by atoms with Gasteiger partial charge in [0, 0.05) is 38.8 Å². The maximum atomic E-state index is 11.8. The predicted octanol–water partition coefficient (Wildman–Crippen LogP) is 3.13. The molecule has 0 atom stereocenters. The Morgan fingerprint density at radius 2 is 1.77 bits per heavy atom. The first kappa shape index (κ1) is 24.9. The highest BCUT2D eigenvalue weighted by Gasteiger charge is 2.11. The molecule has 0 aliphatic carbocycles. The first-order valence-corrected chi connectivity index (χ1v) is 11.5. The van der Waals surface area contributed by atoms with Crippen LogP contribution in [0.2, 0.25) is 0 Å². The normalized spacial score (nSPS) is 11.6. The molecule has 0 amide bonds. The van der Waals surface area contributed by atoms with Crippen LogP contribution in [0, 0.1) is 6.92 Å². The number of hydrogen-bond donors (Lipinski definition) is 2. The number of rotatable bonds is 7. The molecule has 0 fully saturated rings. The van der Waals surface area contributed by atoms with Gasteiger partial charge in [0.15, 0.2) is 15.8 Å². The van der Waals surface area contributed by atoms with E-state index in [1.165, 1.54) is 11.8 Å². The van der Waals surface area contributed by atoms with Crippen LogP contribution in [0.15, 0.2) is 70.8 Å². The summed E-state index contributed by atoms with van der Waals surface area (Å²) in [6.07, 6.45) is 4.98. The zero-order chi connectivity index (χ0) is 21.6. The van der Waals surface area contributed by atoms with Crippen molar-refractivity contribution >= 4 is 39.8 Å². The van der Waals surface area contributed by atoms with Crippen LogP contribution in [0.5, 0.6) is 0 Å². The van der Waals surface area contributed by atoms with Crippen molar-refractivity contribution in [3.8, 4) is 0 Å². The number of aromatic nitrogens is 2. The fraction of sp³-hybridized carbons (Fsp3) is 0.273. The molecule has 2 aromatic carbocycles. The Morgan fingerprint density at radius 1 is 1.06 bits per heavy atom. The molecule has 0 saturated heterocycles. The number of imidazole rings is 1. The molecule has 166 valence electrons. The van der Waals surface area contributed by atoms with Gasteiger partial charge in [-0.15, -0.1) is 24.0 Å². The zero-order valence-electron chi connectivity index (χ0n) is 17.9. The van der Waals surface area contributed by atoms with Crippen molar-refractivity contribution in [3.05, 3.63) is 83.4 Å². The van der Waals surface area contributed by atoms with E-state index in [4.69, 9.17) is 0 Å². The summed E-state index contributed by atoms with van der Waals surface area (Å²) in [6.45, 7) is 3.63. The highest BCUT2D eigenvalue weighted by atomic mass is 127. The van der Waals surface area contributed by atoms with Gasteiger partial charge >= 0.3 is 0 Å². The Kier molecular flexibility index (Phi) is 9.05. The lowest BCUT2D eigenvalue weighted by atomic mass is 10.1. The Balaban J connectivity index is 0.00000341. The number of benzene rings is 2. The lowest BCUT2D eigenvalue weighted by Crippen LogP contribution is -2.37. The van der Waals surface area contributed by atoms with E-state index in [1.807, 2.05) is 36.5 Å². The van der Waals surface area contributed by atoms with Crippen LogP contribution >= 0.6 is 24.0 Å². The molecule has 1 heterocycles. The minimum atomic E-state index is -3.21. The Morgan fingerprint density at radius 3 is 2.42 bits per heavy atom. The van der Waals surface area contributed by atoms with E-state index in [0.29, 0.717) is 23.9 Å². The number of aryl methyl sites for hydroxylation is 1. The molecule has 3 aromatic rings. The van der Waals surface area contributed by atoms with Gasteiger partial charge < -0.3 is 15.2 Å². The average molecular weight is 553 g/mol. The summed E-state index contributed by atoms with van der Waals surface area (Å²) < 4.78 is 25.6. The maximum absolute atomic E-state index is 11.8. The van der Waals surface area contributed by atoms with Gasteiger partial charge in [-0.05, 0) is 29.7 Å². The molecular weight excluding hydrogens is 525 g/mol. The second-order valence-electron chi connectivity index (χ2n) is 7.11. The van der Waals surface area contributed by atoms with Gasteiger partial charge in [0.25, 0.3) is 0 Å². The van der Waals surface area contributed by atoms with Crippen molar-refractivity contribution in [3.63, 3.8) is 0 Å². The third-order valence-electron chi connectivity index (χ3n) is 4.73. The summed E-state index contributed by atoms with van der Waals surface area (Å²) in [4.78, 5) is 9.06. The molecule has 0 unspecified atom stereocenters. The number of aliphatic imine (C=N–C) groups is 1. The van der Waals surface area contributed by atoms with E-state index in [0.717, 1.165) is 23.5 Å². The van der Waals surface area contributed by atoms with Gasteiger partial charge in [-0.2, -0.15) is 0 Å². The lowest BCUT2D eigenvalue weighted by Gasteiger charge is -2.14. The van der Waals surface area contributed by atoms with Crippen LogP contribution in [0.25, 0.3) is 0 Å². The van der Waals surface area contributed by atoms with E-state index in [-0.39, 0.29) is 24.0 Å². The highest BCUT2D eigenvalue weighted by molar-refractivity contribution is 14.0. The van der Waals surface area contributed by atoms with Crippen LogP contribution in [0.1, 0.15) is 22.5 Å². The second-order valence-corrected chi connectivity index (χ2v) is 9.09. The molecule has 0 spiro atoms. The monoisotopic (exact) mass is 553 g/mol. The van der Waals surface area contributed by atoms with E-state index < -0.39 is 9.84 Å². The van der Waals surface area contributed by atoms with E-state index in [1.54, 1.807) is 26.2 Å². The van der Waals surface area contributed by atoms with Gasteiger partial charge in [0.05, 0.1) is 11.4 Å². The van der Waals surface area contributed by atoms with Crippen LogP contribution in [0.3, 0.4) is 0 Å². The van der Waals surface area contributed by atoms with Gasteiger partial charge in [-0.3, -0.25) is 4.99 Å². The number of hydrogen-bond acceptors (Lipinski definition) is 4. The minimum absolute atomic E-state index is 0. The van der Waals surface area contributed by atoms with Crippen molar-refractivity contribution < 1.29 is 8.42 Å².